The lowest BCUT2D eigenvalue weighted by molar-refractivity contribution is 0.513. The van der Waals surface area contributed by atoms with Gasteiger partial charge in [0, 0.05) is 29.2 Å². The standard InChI is InChI=1S/C13H20N4S/c1-9-13(10(2)17(3)16-9)12(15-14)7-6-11-5-4-8-18-11/h4-5,8,12,15H,6-7,14H2,1-3H3. The zero-order chi connectivity index (χ0) is 13.1. The molecular weight excluding hydrogens is 244 g/mol. The van der Waals surface area contributed by atoms with Crippen molar-refractivity contribution in [2.24, 2.45) is 12.9 Å². The molecule has 5 heteroatoms. The van der Waals surface area contributed by atoms with Gasteiger partial charge in [-0.25, -0.2) is 0 Å². The fourth-order valence-corrected chi connectivity index (χ4v) is 3.07. The van der Waals surface area contributed by atoms with E-state index in [9.17, 15) is 0 Å². The quantitative estimate of drug-likeness (QED) is 0.643. The Morgan fingerprint density at radius 3 is 2.78 bits per heavy atom. The van der Waals surface area contributed by atoms with Crippen LogP contribution in [0.15, 0.2) is 17.5 Å². The van der Waals surface area contributed by atoms with E-state index >= 15 is 0 Å². The molecule has 0 aliphatic carbocycles. The average Bonchev–Trinajstić information content (AvgIpc) is 2.93. The topological polar surface area (TPSA) is 55.9 Å². The molecule has 98 valence electrons. The molecule has 2 aromatic rings. The van der Waals surface area contributed by atoms with E-state index in [-0.39, 0.29) is 6.04 Å². The molecule has 0 aromatic carbocycles. The SMILES string of the molecule is Cc1nn(C)c(C)c1C(CCc1cccs1)NN. The number of thiophene rings is 1. The van der Waals surface area contributed by atoms with E-state index in [1.54, 1.807) is 11.3 Å². The number of aromatic nitrogens is 2. The van der Waals surface area contributed by atoms with Crippen LogP contribution in [-0.4, -0.2) is 9.78 Å². The maximum Gasteiger partial charge on any atom is 0.0644 e. The fraction of sp³-hybridized carbons (Fsp3) is 0.462. The third-order valence-electron chi connectivity index (χ3n) is 3.37. The van der Waals surface area contributed by atoms with Gasteiger partial charge in [0.05, 0.1) is 5.69 Å². The summed E-state index contributed by atoms with van der Waals surface area (Å²) in [6.07, 6.45) is 2.03. The van der Waals surface area contributed by atoms with Crippen molar-refractivity contribution in [1.82, 2.24) is 15.2 Å². The number of aryl methyl sites for hydroxylation is 3. The number of hydrogen-bond acceptors (Lipinski definition) is 4. The molecule has 0 spiro atoms. The van der Waals surface area contributed by atoms with Crippen LogP contribution in [0.4, 0.5) is 0 Å². The summed E-state index contributed by atoms with van der Waals surface area (Å²) in [5, 5.41) is 6.56. The van der Waals surface area contributed by atoms with Crippen LogP contribution in [0, 0.1) is 13.8 Å². The van der Waals surface area contributed by atoms with E-state index in [0.29, 0.717) is 0 Å². The molecule has 0 saturated carbocycles. The summed E-state index contributed by atoms with van der Waals surface area (Å²) < 4.78 is 1.92. The zero-order valence-corrected chi connectivity index (χ0v) is 11.9. The Morgan fingerprint density at radius 2 is 2.28 bits per heavy atom. The third-order valence-corrected chi connectivity index (χ3v) is 4.31. The van der Waals surface area contributed by atoms with Crippen LogP contribution in [0.25, 0.3) is 0 Å². The van der Waals surface area contributed by atoms with Crippen molar-refractivity contribution in [2.45, 2.75) is 32.7 Å². The van der Waals surface area contributed by atoms with Gasteiger partial charge >= 0.3 is 0 Å². The van der Waals surface area contributed by atoms with Gasteiger partial charge in [0.15, 0.2) is 0 Å². The molecule has 4 nitrogen and oxygen atoms in total. The number of nitrogens with one attached hydrogen (secondary N) is 1. The molecule has 0 aliphatic rings. The second-order valence-electron chi connectivity index (χ2n) is 4.55. The van der Waals surface area contributed by atoms with E-state index in [1.807, 2.05) is 18.7 Å². The van der Waals surface area contributed by atoms with Gasteiger partial charge < -0.3 is 0 Å². The molecule has 2 aromatic heterocycles. The normalized spacial score (nSPS) is 12.9. The van der Waals surface area contributed by atoms with Crippen LogP contribution >= 0.6 is 11.3 Å². The van der Waals surface area contributed by atoms with Gasteiger partial charge in [-0.15, -0.1) is 11.3 Å². The molecule has 0 amide bonds. The van der Waals surface area contributed by atoms with E-state index in [0.717, 1.165) is 18.5 Å². The molecular formula is C13H20N4S. The molecule has 0 saturated heterocycles. The number of nitrogens with zero attached hydrogens (tertiary/aromatic N) is 2. The molecule has 0 bridgehead atoms. The van der Waals surface area contributed by atoms with Crippen LogP contribution < -0.4 is 11.3 Å². The van der Waals surface area contributed by atoms with E-state index in [2.05, 4.69) is 35.0 Å². The second-order valence-corrected chi connectivity index (χ2v) is 5.58. The van der Waals surface area contributed by atoms with Crippen molar-refractivity contribution in [3.8, 4) is 0 Å². The first-order valence-electron chi connectivity index (χ1n) is 6.12. The minimum Gasteiger partial charge on any atom is -0.272 e. The highest BCUT2D eigenvalue weighted by atomic mass is 32.1. The summed E-state index contributed by atoms with van der Waals surface area (Å²) in [4.78, 5) is 1.40. The number of rotatable bonds is 5. The highest BCUT2D eigenvalue weighted by molar-refractivity contribution is 7.09. The Balaban J connectivity index is 2.13. The number of nitrogens with two attached hydrogens (primary N) is 1. The lowest BCUT2D eigenvalue weighted by Crippen LogP contribution is -2.29. The summed E-state index contributed by atoms with van der Waals surface area (Å²) in [6.45, 7) is 4.13. The lowest BCUT2D eigenvalue weighted by Gasteiger charge is -2.16. The summed E-state index contributed by atoms with van der Waals surface area (Å²) in [6, 6.07) is 4.42. The minimum absolute atomic E-state index is 0.167. The van der Waals surface area contributed by atoms with Crippen LogP contribution in [0.3, 0.4) is 0 Å². The first-order chi connectivity index (χ1) is 8.63. The summed E-state index contributed by atoms with van der Waals surface area (Å²) in [5.41, 5.74) is 6.40. The zero-order valence-electron chi connectivity index (χ0n) is 11.1. The predicted octanol–water partition coefficient (Wildman–Crippen LogP) is 2.24. The van der Waals surface area contributed by atoms with E-state index in [4.69, 9.17) is 5.84 Å². The maximum absolute atomic E-state index is 5.71. The molecule has 2 heterocycles. The summed E-state index contributed by atoms with van der Waals surface area (Å²) >= 11 is 1.79. The van der Waals surface area contributed by atoms with Crippen LogP contribution in [-0.2, 0) is 13.5 Å². The Bertz CT molecular complexity index is 501. The van der Waals surface area contributed by atoms with Gasteiger partial charge in [0.25, 0.3) is 0 Å². The van der Waals surface area contributed by atoms with Gasteiger partial charge in [0.2, 0.25) is 0 Å². The molecule has 2 rings (SSSR count). The van der Waals surface area contributed by atoms with Gasteiger partial charge in [-0.1, -0.05) is 6.07 Å². The largest absolute Gasteiger partial charge is 0.272 e. The molecule has 0 radical (unpaired) electrons. The Hall–Kier alpha value is -1.17. The molecule has 18 heavy (non-hydrogen) atoms. The van der Waals surface area contributed by atoms with Gasteiger partial charge in [-0.3, -0.25) is 16.0 Å². The Morgan fingerprint density at radius 1 is 1.50 bits per heavy atom. The lowest BCUT2D eigenvalue weighted by atomic mass is 10.0. The monoisotopic (exact) mass is 264 g/mol. The second kappa shape index (κ2) is 5.65. The van der Waals surface area contributed by atoms with Crippen LogP contribution in [0.1, 0.15) is 34.3 Å². The van der Waals surface area contributed by atoms with Crippen molar-refractivity contribution in [3.05, 3.63) is 39.3 Å². The molecule has 0 aliphatic heterocycles. The Kier molecular flexibility index (Phi) is 4.16. The fourth-order valence-electron chi connectivity index (χ4n) is 2.35. The number of hydrazine groups is 1. The van der Waals surface area contributed by atoms with Crippen molar-refractivity contribution < 1.29 is 0 Å². The predicted molar refractivity (Wildman–Crippen MR) is 75.4 cm³/mol. The Labute approximate surface area is 112 Å². The average molecular weight is 264 g/mol. The van der Waals surface area contributed by atoms with Crippen molar-refractivity contribution >= 4 is 11.3 Å². The van der Waals surface area contributed by atoms with Crippen LogP contribution in [0.5, 0.6) is 0 Å². The third kappa shape index (κ3) is 2.63. The first-order valence-corrected chi connectivity index (χ1v) is 7.00. The molecule has 0 fully saturated rings. The van der Waals surface area contributed by atoms with Gasteiger partial charge in [-0.2, -0.15) is 5.10 Å². The smallest absolute Gasteiger partial charge is 0.0644 e. The summed E-state index contributed by atoms with van der Waals surface area (Å²) in [5.74, 6) is 5.71. The van der Waals surface area contributed by atoms with Crippen molar-refractivity contribution in [1.29, 1.82) is 0 Å². The van der Waals surface area contributed by atoms with Gasteiger partial charge in [-0.05, 0) is 38.1 Å². The van der Waals surface area contributed by atoms with Crippen molar-refractivity contribution in [3.63, 3.8) is 0 Å². The van der Waals surface area contributed by atoms with Crippen molar-refractivity contribution in [2.75, 3.05) is 0 Å². The first kappa shape index (κ1) is 13.3. The van der Waals surface area contributed by atoms with Gasteiger partial charge in [0.1, 0.15) is 0 Å². The molecule has 3 N–H and O–H groups in total. The van der Waals surface area contributed by atoms with E-state index in [1.165, 1.54) is 16.1 Å². The molecule has 1 atom stereocenters. The highest BCUT2D eigenvalue weighted by Gasteiger charge is 2.19. The van der Waals surface area contributed by atoms with E-state index < -0.39 is 0 Å². The molecule has 1 unspecified atom stereocenters. The minimum atomic E-state index is 0.167. The maximum atomic E-state index is 5.71. The van der Waals surface area contributed by atoms with Crippen LogP contribution in [0.2, 0.25) is 0 Å². The number of hydrogen-bond donors (Lipinski definition) is 2. The summed E-state index contributed by atoms with van der Waals surface area (Å²) in [7, 11) is 1.97. The highest BCUT2D eigenvalue weighted by Crippen LogP contribution is 2.25.